The molecule has 0 aliphatic carbocycles. The highest BCUT2D eigenvalue weighted by molar-refractivity contribution is 7.90. The highest BCUT2D eigenvalue weighted by atomic mass is 32.2. The number of benzene rings is 1. The van der Waals surface area contributed by atoms with Gasteiger partial charge in [0.25, 0.3) is 10.0 Å². The molecule has 0 saturated heterocycles. The van der Waals surface area contributed by atoms with Gasteiger partial charge in [0, 0.05) is 7.05 Å². The Morgan fingerprint density at radius 3 is 2.65 bits per heavy atom. The fraction of sp³-hybridized carbons (Fsp3) is 0.357. The maximum Gasteiger partial charge on any atom is 0.360 e. The van der Waals surface area contributed by atoms with Crippen LogP contribution in [0, 0.1) is 6.92 Å². The minimum atomic E-state index is -4.42. The summed E-state index contributed by atoms with van der Waals surface area (Å²) in [6.07, 6.45) is 0. The largest absolute Gasteiger partial charge is 0.489 e. The number of nitrogens with one attached hydrogen (secondary N) is 1. The van der Waals surface area contributed by atoms with E-state index in [2.05, 4.69) is 5.10 Å². The predicted molar refractivity (Wildman–Crippen MR) is 87.8 cm³/mol. The molecule has 1 amide bonds. The second kappa shape index (κ2) is 7.56. The van der Waals surface area contributed by atoms with Crippen molar-refractivity contribution in [3.05, 3.63) is 34.2 Å². The van der Waals surface area contributed by atoms with E-state index in [4.69, 9.17) is 9.47 Å². The van der Waals surface area contributed by atoms with Crippen LogP contribution in [0.5, 0.6) is 11.8 Å². The normalized spacial score (nSPS) is 11.2. The van der Waals surface area contributed by atoms with Crippen molar-refractivity contribution in [1.82, 2.24) is 19.1 Å². The van der Waals surface area contributed by atoms with E-state index in [1.807, 2.05) is 0 Å². The van der Waals surface area contributed by atoms with Crippen molar-refractivity contribution < 1.29 is 27.1 Å². The molecule has 0 aliphatic heterocycles. The maximum absolute atomic E-state index is 12.6. The zero-order valence-corrected chi connectivity index (χ0v) is 15.0. The number of hydrogen-bond acceptors (Lipinski definition) is 7. The summed E-state index contributed by atoms with van der Waals surface area (Å²) in [6, 6.07) is 2.87. The molecule has 0 saturated carbocycles. The maximum atomic E-state index is 12.6. The Labute approximate surface area is 148 Å². The number of carbonyl (C=O) groups is 1. The summed E-state index contributed by atoms with van der Waals surface area (Å²) < 4.78 is 50.4. The molecule has 1 heterocycles. The van der Waals surface area contributed by atoms with Crippen molar-refractivity contribution in [3.8, 4) is 11.8 Å². The van der Waals surface area contributed by atoms with Gasteiger partial charge < -0.3 is 9.47 Å². The Kier molecular flexibility index (Phi) is 5.65. The van der Waals surface area contributed by atoms with Gasteiger partial charge in [-0.15, -0.1) is 9.78 Å². The molecule has 2 aromatic rings. The molecule has 1 aromatic carbocycles. The number of sulfonamides is 1. The van der Waals surface area contributed by atoms with Crippen LogP contribution in [0.2, 0.25) is 0 Å². The van der Waals surface area contributed by atoms with Gasteiger partial charge in [0.05, 0.1) is 7.11 Å². The van der Waals surface area contributed by atoms with E-state index < -0.39 is 28.4 Å². The quantitative estimate of drug-likeness (QED) is 0.750. The molecule has 1 aromatic heterocycles. The van der Waals surface area contributed by atoms with Gasteiger partial charge in [0.2, 0.25) is 0 Å². The molecule has 0 fully saturated rings. The van der Waals surface area contributed by atoms with E-state index in [-0.39, 0.29) is 28.8 Å². The zero-order valence-electron chi connectivity index (χ0n) is 14.2. The van der Waals surface area contributed by atoms with E-state index in [0.29, 0.717) is 4.68 Å². The lowest BCUT2D eigenvalue weighted by Gasteiger charge is -2.13. The lowest BCUT2D eigenvalue weighted by Crippen LogP contribution is -2.40. The van der Waals surface area contributed by atoms with Gasteiger partial charge >= 0.3 is 17.7 Å². The van der Waals surface area contributed by atoms with Crippen LogP contribution in [0.1, 0.15) is 5.56 Å². The van der Waals surface area contributed by atoms with Crippen LogP contribution in [0.3, 0.4) is 0 Å². The number of carbonyl (C=O) groups excluding carboxylic acids is 1. The highest BCUT2D eigenvalue weighted by Gasteiger charge is 2.27. The molecule has 142 valence electrons. The average molecular weight is 388 g/mol. The Morgan fingerprint density at radius 2 is 2.08 bits per heavy atom. The minimum absolute atomic E-state index is 0.117. The van der Waals surface area contributed by atoms with Gasteiger partial charge in [-0.1, -0.05) is 12.1 Å². The predicted octanol–water partition coefficient (Wildman–Crippen LogP) is 0.194. The van der Waals surface area contributed by atoms with Crippen LogP contribution in [-0.4, -0.2) is 49.2 Å². The first-order chi connectivity index (χ1) is 12.2. The van der Waals surface area contributed by atoms with Crippen LogP contribution < -0.4 is 19.9 Å². The van der Waals surface area contributed by atoms with Crippen molar-refractivity contribution in [2.45, 2.75) is 11.8 Å². The van der Waals surface area contributed by atoms with Crippen molar-refractivity contribution >= 4 is 16.1 Å². The third-order valence-electron chi connectivity index (χ3n) is 3.32. The third-order valence-corrected chi connectivity index (χ3v) is 4.82. The topological polar surface area (TPSA) is 122 Å². The molecule has 0 radical (unpaired) electrons. The Hall–Kier alpha value is -2.89. The van der Waals surface area contributed by atoms with Crippen LogP contribution in [0.15, 0.2) is 27.9 Å². The average Bonchev–Trinajstić information content (AvgIpc) is 2.87. The lowest BCUT2D eigenvalue weighted by molar-refractivity contribution is 0.243. The monoisotopic (exact) mass is 388 g/mol. The number of halogens is 1. The smallest absolute Gasteiger partial charge is 0.360 e. The molecule has 12 heteroatoms. The van der Waals surface area contributed by atoms with Crippen molar-refractivity contribution in [3.63, 3.8) is 0 Å². The summed E-state index contributed by atoms with van der Waals surface area (Å²) in [7, 11) is -1.88. The SMILES string of the molecule is COc1nn(C(=O)NS(=O)(=O)c2c(C)cccc2OCCF)c(=O)n1C. The number of amides is 1. The second-order valence-corrected chi connectivity index (χ2v) is 6.71. The van der Waals surface area contributed by atoms with Gasteiger partial charge in [-0.3, -0.25) is 0 Å². The van der Waals surface area contributed by atoms with Gasteiger partial charge in [0.15, 0.2) is 0 Å². The standard InChI is InChI=1S/C14H17FN4O6S/c1-9-5-4-6-10(25-8-7-15)11(9)26(22,23)17-12(20)19-14(21)18(2)13(16-19)24-3/h4-6H,7-8H2,1-3H3,(H,17,20). The molecule has 0 unspecified atom stereocenters. The van der Waals surface area contributed by atoms with Crippen LogP contribution in [0.25, 0.3) is 0 Å². The fourth-order valence-corrected chi connectivity index (χ4v) is 3.47. The first kappa shape index (κ1) is 19.4. The molecule has 0 aliphatic rings. The van der Waals surface area contributed by atoms with Crippen LogP contribution in [0.4, 0.5) is 9.18 Å². The number of ether oxygens (including phenoxy) is 2. The molecular formula is C14H17FN4O6S. The molecule has 0 atom stereocenters. The van der Waals surface area contributed by atoms with Gasteiger partial charge in [0.1, 0.15) is 23.9 Å². The van der Waals surface area contributed by atoms with E-state index in [1.165, 1.54) is 39.3 Å². The number of hydrogen-bond donors (Lipinski definition) is 1. The summed E-state index contributed by atoms with van der Waals surface area (Å²) in [5.41, 5.74) is -0.624. The van der Waals surface area contributed by atoms with E-state index in [0.717, 1.165) is 4.57 Å². The van der Waals surface area contributed by atoms with E-state index >= 15 is 0 Å². The number of nitrogens with zero attached hydrogens (tertiary/aromatic N) is 3. The number of methoxy groups -OCH3 is 1. The number of alkyl halides is 1. The zero-order chi connectivity index (χ0) is 19.5. The molecule has 0 spiro atoms. The molecule has 2 rings (SSSR count). The summed E-state index contributed by atoms with van der Waals surface area (Å²) in [6.45, 7) is 0.317. The number of aromatic nitrogens is 3. The fourth-order valence-electron chi connectivity index (χ4n) is 2.17. The molecule has 0 bridgehead atoms. The summed E-state index contributed by atoms with van der Waals surface area (Å²) in [5.74, 6) is -0.117. The van der Waals surface area contributed by atoms with Crippen molar-refractivity contribution in [1.29, 1.82) is 0 Å². The molecule has 1 N–H and O–H groups in total. The highest BCUT2D eigenvalue weighted by Crippen LogP contribution is 2.27. The first-order valence-corrected chi connectivity index (χ1v) is 8.76. The first-order valence-electron chi connectivity index (χ1n) is 7.28. The minimum Gasteiger partial charge on any atom is -0.489 e. The van der Waals surface area contributed by atoms with Gasteiger partial charge in [-0.2, -0.15) is 0 Å². The van der Waals surface area contributed by atoms with Crippen LogP contribution >= 0.6 is 0 Å². The molecular weight excluding hydrogens is 371 g/mol. The second-order valence-electron chi connectivity index (χ2n) is 5.09. The van der Waals surface area contributed by atoms with E-state index in [1.54, 1.807) is 4.72 Å². The van der Waals surface area contributed by atoms with E-state index in [9.17, 15) is 22.4 Å². The summed E-state index contributed by atoms with van der Waals surface area (Å²) in [4.78, 5) is 23.8. The Balaban J connectivity index is 2.41. The Bertz CT molecular complexity index is 982. The molecule has 26 heavy (non-hydrogen) atoms. The van der Waals surface area contributed by atoms with Crippen molar-refractivity contribution in [2.75, 3.05) is 20.4 Å². The molecule has 10 nitrogen and oxygen atoms in total. The van der Waals surface area contributed by atoms with Gasteiger partial charge in [-0.25, -0.2) is 31.7 Å². The van der Waals surface area contributed by atoms with Gasteiger partial charge in [-0.05, 0) is 18.6 Å². The van der Waals surface area contributed by atoms with Crippen molar-refractivity contribution in [2.24, 2.45) is 7.05 Å². The third kappa shape index (κ3) is 3.69. The summed E-state index contributed by atoms with van der Waals surface area (Å²) >= 11 is 0. The Morgan fingerprint density at radius 1 is 1.38 bits per heavy atom. The lowest BCUT2D eigenvalue weighted by atomic mass is 10.2. The van der Waals surface area contributed by atoms with Crippen LogP contribution in [-0.2, 0) is 17.1 Å². The summed E-state index contributed by atoms with van der Waals surface area (Å²) in [5, 5.41) is 3.59. The number of aryl methyl sites for hydroxylation is 1. The number of rotatable bonds is 6.